The van der Waals surface area contributed by atoms with Crippen LogP contribution in [0.25, 0.3) is 10.4 Å². The molecule has 0 saturated heterocycles. The van der Waals surface area contributed by atoms with Gasteiger partial charge in [-0.2, -0.15) is 0 Å². The molecule has 2 rings (SSSR count). The van der Waals surface area contributed by atoms with E-state index in [1.807, 2.05) is 6.07 Å². The molecule has 0 aliphatic carbocycles. The van der Waals surface area contributed by atoms with Crippen LogP contribution >= 0.6 is 11.3 Å². The van der Waals surface area contributed by atoms with E-state index in [2.05, 4.69) is 25.3 Å². The number of hydrogen-bond acceptors (Lipinski definition) is 2. The van der Waals surface area contributed by atoms with Gasteiger partial charge in [0, 0.05) is 15.3 Å². The number of aryl methyl sites for hydroxylation is 1. The van der Waals surface area contributed by atoms with Gasteiger partial charge in [0.1, 0.15) is 0 Å². The van der Waals surface area contributed by atoms with Crippen LogP contribution in [0, 0.1) is 13.2 Å². The van der Waals surface area contributed by atoms with Gasteiger partial charge in [0.05, 0.1) is 6.26 Å². The van der Waals surface area contributed by atoms with Crippen molar-refractivity contribution < 1.29 is 4.42 Å². The molecule has 11 heavy (non-hydrogen) atoms. The summed E-state index contributed by atoms with van der Waals surface area (Å²) in [5.74, 6) is 0. The third-order valence-electron chi connectivity index (χ3n) is 1.48. The Morgan fingerprint density at radius 2 is 2.27 bits per heavy atom. The topological polar surface area (TPSA) is 13.1 Å². The molecule has 0 fully saturated rings. The highest BCUT2D eigenvalue weighted by Gasteiger charge is 2.00. The minimum Gasteiger partial charge on any atom is -0.460 e. The zero-order valence-corrected chi connectivity index (χ0v) is 6.94. The van der Waals surface area contributed by atoms with Gasteiger partial charge in [-0.3, -0.25) is 0 Å². The maximum atomic E-state index is 4.86. The largest absolute Gasteiger partial charge is 0.460 e. The van der Waals surface area contributed by atoms with Crippen LogP contribution in [0.3, 0.4) is 0 Å². The van der Waals surface area contributed by atoms with Crippen LogP contribution in [0.5, 0.6) is 0 Å². The Morgan fingerprint density at radius 1 is 1.36 bits per heavy atom. The quantitative estimate of drug-likeness (QED) is 0.629. The smallest absolute Gasteiger partial charge is 0.178 e. The van der Waals surface area contributed by atoms with Crippen molar-refractivity contribution >= 4 is 11.3 Å². The van der Waals surface area contributed by atoms with Gasteiger partial charge in [0.25, 0.3) is 0 Å². The number of thiophene rings is 1. The first-order chi connectivity index (χ1) is 5.36. The zero-order valence-electron chi connectivity index (χ0n) is 6.13. The van der Waals surface area contributed by atoms with E-state index in [-0.39, 0.29) is 0 Å². The second-order valence-electron chi connectivity index (χ2n) is 2.35. The average Bonchev–Trinajstić information content (AvgIpc) is 2.55. The summed E-state index contributed by atoms with van der Waals surface area (Å²) in [6.07, 6.45) is 4.45. The summed E-state index contributed by atoms with van der Waals surface area (Å²) in [7, 11) is 0. The molecule has 55 valence electrons. The molecule has 0 atom stereocenters. The lowest BCUT2D eigenvalue weighted by molar-refractivity contribution is 0.559. The van der Waals surface area contributed by atoms with E-state index >= 15 is 0 Å². The molecule has 1 radical (unpaired) electrons. The fourth-order valence-corrected chi connectivity index (χ4v) is 1.78. The molecular weight excluding hydrogens is 156 g/mol. The molecule has 2 heteroatoms. The van der Waals surface area contributed by atoms with Gasteiger partial charge < -0.3 is 4.42 Å². The summed E-state index contributed by atoms with van der Waals surface area (Å²) in [5, 5.41) is 0. The van der Waals surface area contributed by atoms with Gasteiger partial charge in [-0.25, -0.2) is 0 Å². The standard InChI is InChI=1S/C9H7OS/c1-7-2-3-9(11-7)8-4-5-10-6-8/h2-5H,1H3. The summed E-state index contributed by atoms with van der Waals surface area (Å²) in [4.78, 5) is 2.53. The summed E-state index contributed by atoms with van der Waals surface area (Å²) >= 11 is 1.75. The Hall–Kier alpha value is -1.02. The molecule has 0 unspecified atom stereocenters. The lowest BCUT2D eigenvalue weighted by Crippen LogP contribution is -1.59. The van der Waals surface area contributed by atoms with Crippen LogP contribution in [-0.4, -0.2) is 0 Å². The molecule has 0 N–H and O–H groups in total. The maximum absolute atomic E-state index is 4.86. The van der Waals surface area contributed by atoms with E-state index in [0.29, 0.717) is 0 Å². The van der Waals surface area contributed by atoms with Crippen molar-refractivity contribution in [3.63, 3.8) is 0 Å². The van der Waals surface area contributed by atoms with Crippen molar-refractivity contribution in [1.82, 2.24) is 0 Å². The number of rotatable bonds is 1. The predicted molar refractivity (Wildman–Crippen MR) is 45.6 cm³/mol. The molecule has 0 amide bonds. The van der Waals surface area contributed by atoms with E-state index in [9.17, 15) is 0 Å². The lowest BCUT2D eigenvalue weighted by Gasteiger charge is -1.84. The van der Waals surface area contributed by atoms with Gasteiger partial charge in [-0.05, 0) is 25.1 Å². The minimum absolute atomic E-state index is 1.04. The monoisotopic (exact) mass is 163 g/mol. The summed E-state index contributed by atoms with van der Waals surface area (Å²) in [5.41, 5.74) is 1.04. The van der Waals surface area contributed by atoms with E-state index in [4.69, 9.17) is 4.42 Å². The molecular formula is C9H7OS. The van der Waals surface area contributed by atoms with Crippen LogP contribution < -0.4 is 0 Å². The van der Waals surface area contributed by atoms with Gasteiger partial charge in [-0.1, -0.05) is 0 Å². The SMILES string of the molecule is Cc1ccc(-c2[c]occ2)s1. The van der Waals surface area contributed by atoms with Gasteiger partial charge in [-0.15, -0.1) is 11.3 Å². The van der Waals surface area contributed by atoms with E-state index in [0.717, 1.165) is 5.56 Å². The first-order valence-electron chi connectivity index (χ1n) is 3.38. The first-order valence-corrected chi connectivity index (χ1v) is 4.20. The molecule has 0 aliphatic rings. The molecule has 0 aromatic carbocycles. The van der Waals surface area contributed by atoms with E-state index < -0.39 is 0 Å². The molecule has 2 aromatic rings. The fraction of sp³-hybridized carbons (Fsp3) is 0.111. The molecule has 0 bridgehead atoms. The Labute approximate surface area is 69.3 Å². The normalized spacial score (nSPS) is 10.3. The fourth-order valence-electron chi connectivity index (χ4n) is 0.945. The summed E-state index contributed by atoms with van der Waals surface area (Å²) in [6, 6.07) is 6.10. The Bertz CT molecular complexity index is 332. The van der Waals surface area contributed by atoms with Crippen molar-refractivity contribution in [3.8, 4) is 10.4 Å². The Balaban J connectivity index is 2.45. The van der Waals surface area contributed by atoms with Crippen LogP contribution in [0.1, 0.15) is 4.88 Å². The molecule has 1 nitrogen and oxygen atoms in total. The van der Waals surface area contributed by atoms with Gasteiger partial charge in [0.15, 0.2) is 6.26 Å². The summed E-state index contributed by atoms with van der Waals surface area (Å²) in [6.45, 7) is 2.09. The highest BCUT2D eigenvalue weighted by atomic mass is 32.1. The van der Waals surface area contributed by atoms with Crippen LogP contribution in [0.4, 0.5) is 0 Å². The van der Waals surface area contributed by atoms with Crippen molar-refractivity contribution in [2.75, 3.05) is 0 Å². The molecule has 0 spiro atoms. The lowest BCUT2D eigenvalue weighted by atomic mass is 10.3. The van der Waals surface area contributed by atoms with E-state index in [1.165, 1.54) is 9.75 Å². The number of hydrogen-bond donors (Lipinski definition) is 0. The van der Waals surface area contributed by atoms with Crippen molar-refractivity contribution in [2.45, 2.75) is 6.92 Å². The van der Waals surface area contributed by atoms with Crippen LogP contribution in [0.2, 0.25) is 0 Å². The second kappa shape index (κ2) is 2.55. The highest BCUT2D eigenvalue weighted by molar-refractivity contribution is 7.15. The predicted octanol–water partition coefficient (Wildman–Crippen LogP) is 3.12. The molecule has 2 aromatic heterocycles. The number of furan rings is 1. The van der Waals surface area contributed by atoms with Crippen LogP contribution in [-0.2, 0) is 0 Å². The minimum atomic E-state index is 1.04. The highest BCUT2D eigenvalue weighted by Crippen LogP contribution is 2.26. The average molecular weight is 163 g/mol. The third-order valence-corrected chi connectivity index (χ3v) is 2.51. The van der Waals surface area contributed by atoms with Crippen molar-refractivity contribution in [3.05, 3.63) is 35.6 Å². The van der Waals surface area contributed by atoms with Crippen molar-refractivity contribution in [1.29, 1.82) is 0 Å². The molecule has 0 saturated carbocycles. The molecule has 0 aliphatic heterocycles. The first kappa shape index (κ1) is 6.68. The second-order valence-corrected chi connectivity index (χ2v) is 3.63. The van der Waals surface area contributed by atoms with E-state index in [1.54, 1.807) is 17.6 Å². The zero-order chi connectivity index (χ0) is 7.68. The Kier molecular flexibility index (Phi) is 1.55. The van der Waals surface area contributed by atoms with Crippen LogP contribution in [0.15, 0.2) is 28.9 Å². The maximum Gasteiger partial charge on any atom is 0.178 e. The van der Waals surface area contributed by atoms with Crippen molar-refractivity contribution in [2.24, 2.45) is 0 Å². The summed E-state index contributed by atoms with van der Waals surface area (Å²) < 4.78 is 4.86. The van der Waals surface area contributed by atoms with Gasteiger partial charge in [0.2, 0.25) is 0 Å². The van der Waals surface area contributed by atoms with Gasteiger partial charge >= 0.3 is 0 Å². The third kappa shape index (κ3) is 1.21. The Morgan fingerprint density at radius 3 is 2.82 bits per heavy atom. The molecule has 2 heterocycles.